The summed E-state index contributed by atoms with van der Waals surface area (Å²) in [4.78, 5) is 0. The van der Waals surface area contributed by atoms with Crippen LogP contribution in [0.25, 0.3) is 0 Å². The summed E-state index contributed by atoms with van der Waals surface area (Å²) in [5, 5.41) is 3.70. The Balaban J connectivity index is 1.57. The lowest BCUT2D eigenvalue weighted by molar-refractivity contribution is 0.102. The number of rotatable bonds is 5. The van der Waals surface area contributed by atoms with Crippen LogP contribution in [0.4, 0.5) is 0 Å². The standard InChI is InChI=1S/C14H27NO/c1-12(13-6-3-2-4-7-13)15-10-9-14-8-5-11-16-14/h12-15H,2-11H2,1H3/t12-,14?/m1/s1. The minimum absolute atomic E-state index is 0.547. The molecule has 1 aliphatic carbocycles. The Kier molecular flexibility index (Phi) is 5.11. The van der Waals surface area contributed by atoms with E-state index in [2.05, 4.69) is 12.2 Å². The molecular weight excluding hydrogens is 198 g/mol. The highest BCUT2D eigenvalue weighted by Crippen LogP contribution is 2.26. The first-order chi connectivity index (χ1) is 7.86. The van der Waals surface area contributed by atoms with Gasteiger partial charge in [-0.15, -0.1) is 0 Å². The Bertz CT molecular complexity index is 183. The quantitative estimate of drug-likeness (QED) is 0.776. The number of hydrogen-bond acceptors (Lipinski definition) is 2. The molecule has 1 saturated heterocycles. The molecule has 2 atom stereocenters. The van der Waals surface area contributed by atoms with Crippen LogP contribution in [0, 0.1) is 5.92 Å². The third-order valence-corrected chi connectivity index (χ3v) is 4.31. The van der Waals surface area contributed by atoms with Crippen LogP contribution in [-0.4, -0.2) is 25.3 Å². The average Bonchev–Trinajstić information content (AvgIpc) is 2.83. The van der Waals surface area contributed by atoms with Crippen molar-refractivity contribution in [2.45, 2.75) is 70.4 Å². The fraction of sp³-hybridized carbons (Fsp3) is 1.00. The largest absolute Gasteiger partial charge is 0.378 e. The molecule has 2 fully saturated rings. The van der Waals surface area contributed by atoms with Gasteiger partial charge in [-0.3, -0.25) is 0 Å². The summed E-state index contributed by atoms with van der Waals surface area (Å²) in [6.07, 6.45) is 11.5. The van der Waals surface area contributed by atoms with Crippen molar-refractivity contribution in [1.29, 1.82) is 0 Å². The summed E-state index contributed by atoms with van der Waals surface area (Å²) in [6, 6.07) is 0.710. The van der Waals surface area contributed by atoms with Crippen molar-refractivity contribution >= 4 is 0 Å². The molecule has 2 heteroatoms. The van der Waals surface area contributed by atoms with Gasteiger partial charge in [0.1, 0.15) is 0 Å². The molecule has 0 radical (unpaired) electrons. The summed E-state index contributed by atoms with van der Waals surface area (Å²) < 4.78 is 5.64. The van der Waals surface area contributed by atoms with E-state index in [1.54, 1.807) is 0 Å². The van der Waals surface area contributed by atoms with Crippen LogP contribution in [0.15, 0.2) is 0 Å². The molecule has 1 N–H and O–H groups in total. The van der Waals surface area contributed by atoms with Crippen molar-refractivity contribution in [3.8, 4) is 0 Å². The molecule has 0 aromatic heterocycles. The first-order valence-corrected chi connectivity index (χ1v) is 7.21. The molecule has 16 heavy (non-hydrogen) atoms. The van der Waals surface area contributed by atoms with Crippen molar-refractivity contribution < 1.29 is 4.74 Å². The van der Waals surface area contributed by atoms with E-state index in [4.69, 9.17) is 4.74 Å². The van der Waals surface area contributed by atoms with Gasteiger partial charge in [0.05, 0.1) is 6.10 Å². The fourth-order valence-corrected chi connectivity index (χ4v) is 3.14. The molecule has 2 aliphatic rings. The molecule has 0 bridgehead atoms. The third kappa shape index (κ3) is 3.74. The first kappa shape index (κ1) is 12.4. The van der Waals surface area contributed by atoms with Gasteiger partial charge in [0.2, 0.25) is 0 Å². The molecule has 0 amide bonds. The monoisotopic (exact) mass is 225 g/mol. The second-order valence-electron chi connectivity index (χ2n) is 5.56. The first-order valence-electron chi connectivity index (χ1n) is 7.21. The van der Waals surface area contributed by atoms with Crippen LogP contribution in [0.3, 0.4) is 0 Å². The van der Waals surface area contributed by atoms with Crippen LogP contribution in [0.5, 0.6) is 0 Å². The highest BCUT2D eigenvalue weighted by atomic mass is 16.5. The Labute approximate surface area is 100 Å². The van der Waals surface area contributed by atoms with E-state index in [1.165, 1.54) is 51.4 Å². The van der Waals surface area contributed by atoms with Crippen molar-refractivity contribution in [1.82, 2.24) is 5.32 Å². The highest BCUT2D eigenvalue weighted by molar-refractivity contribution is 4.76. The smallest absolute Gasteiger partial charge is 0.0588 e. The van der Waals surface area contributed by atoms with Gasteiger partial charge in [-0.25, -0.2) is 0 Å². The van der Waals surface area contributed by atoms with Gasteiger partial charge in [0.25, 0.3) is 0 Å². The van der Waals surface area contributed by atoms with Gasteiger partial charge in [0, 0.05) is 12.6 Å². The lowest BCUT2D eigenvalue weighted by atomic mass is 9.84. The highest BCUT2D eigenvalue weighted by Gasteiger charge is 2.20. The summed E-state index contributed by atoms with van der Waals surface area (Å²) in [5.41, 5.74) is 0. The van der Waals surface area contributed by atoms with Crippen LogP contribution in [0.1, 0.15) is 58.3 Å². The minimum Gasteiger partial charge on any atom is -0.378 e. The van der Waals surface area contributed by atoms with Crippen LogP contribution in [0.2, 0.25) is 0 Å². The molecule has 2 nitrogen and oxygen atoms in total. The second-order valence-corrected chi connectivity index (χ2v) is 5.56. The molecule has 1 unspecified atom stereocenters. The Morgan fingerprint density at radius 3 is 2.62 bits per heavy atom. The van der Waals surface area contributed by atoms with E-state index in [-0.39, 0.29) is 0 Å². The van der Waals surface area contributed by atoms with Gasteiger partial charge in [-0.05, 0) is 51.5 Å². The van der Waals surface area contributed by atoms with E-state index in [0.717, 1.165) is 19.1 Å². The molecular formula is C14H27NO. The fourth-order valence-electron chi connectivity index (χ4n) is 3.14. The van der Waals surface area contributed by atoms with Crippen LogP contribution < -0.4 is 5.32 Å². The van der Waals surface area contributed by atoms with Crippen LogP contribution >= 0.6 is 0 Å². The molecule has 0 aromatic carbocycles. The summed E-state index contributed by atoms with van der Waals surface area (Å²) in [5.74, 6) is 0.929. The zero-order valence-corrected chi connectivity index (χ0v) is 10.7. The summed E-state index contributed by atoms with van der Waals surface area (Å²) in [6.45, 7) is 4.50. The van der Waals surface area contributed by atoms with Gasteiger partial charge in [-0.2, -0.15) is 0 Å². The Morgan fingerprint density at radius 2 is 1.94 bits per heavy atom. The van der Waals surface area contributed by atoms with Crippen molar-refractivity contribution in [2.24, 2.45) is 5.92 Å². The predicted octanol–water partition coefficient (Wildman–Crippen LogP) is 3.11. The summed E-state index contributed by atoms with van der Waals surface area (Å²) in [7, 11) is 0. The van der Waals surface area contributed by atoms with Gasteiger partial charge in [0.15, 0.2) is 0 Å². The van der Waals surface area contributed by atoms with E-state index < -0.39 is 0 Å². The predicted molar refractivity (Wildman–Crippen MR) is 67.6 cm³/mol. The topological polar surface area (TPSA) is 21.3 Å². The average molecular weight is 225 g/mol. The summed E-state index contributed by atoms with van der Waals surface area (Å²) >= 11 is 0. The molecule has 1 heterocycles. The second kappa shape index (κ2) is 6.61. The maximum absolute atomic E-state index is 5.64. The molecule has 0 aromatic rings. The zero-order chi connectivity index (χ0) is 11.2. The van der Waals surface area contributed by atoms with Gasteiger partial charge >= 0.3 is 0 Å². The molecule has 1 saturated carbocycles. The Morgan fingerprint density at radius 1 is 1.12 bits per heavy atom. The molecule has 94 valence electrons. The van der Waals surface area contributed by atoms with Gasteiger partial charge in [-0.1, -0.05) is 19.3 Å². The van der Waals surface area contributed by atoms with Crippen molar-refractivity contribution in [2.75, 3.05) is 13.2 Å². The normalized spacial score (nSPS) is 29.4. The van der Waals surface area contributed by atoms with E-state index in [1.807, 2.05) is 0 Å². The van der Waals surface area contributed by atoms with Crippen molar-refractivity contribution in [3.05, 3.63) is 0 Å². The molecule has 2 rings (SSSR count). The number of nitrogens with one attached hydrogen (secondary N) is 1. The molecule has 0 spiro atoms. The van der Waals surface area contributed by atoms with E-state index in [9.17, 15) is 0 Å². The lowest BCUT2D eigenvalue weighted by Crippen LogP contribution is -2.36. The van der Waals surface area contributed by atoms with Crippen molar-refractivity contribution in [3.63, 3.8) is 0 Å². The SMILES string of the molecule is C[C@@H](NCCC1CCCO1)C1CCCCC1. The zero-order valence-electron chi connectivity index (χ0n) is 10.7. The maximum Gasteiger partial charge on any atom is 0.0588 e. The number of ether oxygens (including phenoxy) is 1. The lowest BCUT2D eigenvalue weighted by Gasteiger charge is -2.28. The Hall–Kier alpha value is -0.0800. The van der Waals surface area contributed by atoms with Gasteiger partial charge < -0.3 is 10.1 Å². The minimum atomic E-state index is 0.547. The molecule has 1 aliphatic heterocycles. The maximum atomic E-state index is 5.64. The third-order valence-electron chi connectivity index (χ3n) is 4.31. The van der Waals surface area contributed by atoms with E-state index >= 15 is 0 Å². The van der Waals surface area contributed by atoms with Crippen LogP contribution in [-0.2, 0) is 4.74 Å². The van der Waals surface area contributed by atoms with E-state index in [0.29, 0.717) is 12.1 Å². The number of hydrogen-bond donors (Lipinski definition) is 1.